The fourth-order valence-corrected chi connectivity index (χ4v) is 10.5. The molecule has 1 aliphatic carbocycles. The van der Waals surface area contributed by atoms with Gasteiger partial charge in [-0.15, -0.1) is 11.3 Å². The van der Waals surface area contributed by atoms with E-state index < -0.39 is 51.7 Å². The van der Waals surface area contributed by atoms with Gasteiger partial charge in [0, 0.05) is 86.5 Å². The fraction of sp³-hybridized carbons (Fsp3) is 0.282. The van der Waals surface area contributed by atoms with Crippen molar-refractivity contribution in [3.63, 3.8) is 0 Å². The van der Waals surface area contributed by atoms with E-state index >= 15 is 4.39 Å². The minimum atomic E-state index is -4.04. The van der Waals surface area contributed by atoms with Crippen LogP contribution >= 0.6 is 38.9 Å². The predicted molar refractivity (Wildman–Crippen MR) is 239 cm³/mol. The first kappa shape index (κ1) is 53.1. The van der Waals surface area contributed by atoms with Crippen LogP contribution in [0.15, 0.2) is 81.9 Å². The third kappa shape index (κ3) is 17.0. The molecule has 6 rings (SSSR count). The van der Waals surface area contributed by atoms with E-state index in [0.29, 0.717) is 73.6 Å². The number of fused-ring (bicyclic) bond motifs is 1. The molecule has 65 heavy (non-hydrogen) atoms. The molecule has 0 radical (unpaired) electrons. The van der Waals surface area contributed by atoms with Gasteiger partial charge in [0.15, 0.2) is 4.21 Å². The van der Waals surface area contributed by atoms with Crippen molar-refractivity contribution in [1.82, 2.24) is 24.3 Å². The molecule has 350 valence electrons. The van der Waals surface area contributed by atoms with Crippen LogP contribution in [0.4, 0.5) is 15.9 Å². The van der Waals surface area contributed by atoms with Crippen molar-refractivity contribution in [3.8, 4) is 11.1 Å². The van der Waals surface area contributed by atoms with Crippen LogP contribution in [0.25, 0.3) is 22.2 Å². The fourth-order valence-electron chi connectivity index (χ4n) is 6.39. The zero-order valence-electron chi connectivity index (χ0n) is 34.0. The van der Waals surface area contributed by atoms with Crippen LogP contribution in [0.1, 0.15) is 31.7 Å². The maximum absolute atomic E-state index is 15.4. The summed E-state index contributed by atoms with van der Waals surface area (Å²) in [7, 11) is -1.87. The second-order valence-electron chi connectivity index (χ2n) is 13.7. The summed E-state index contributed by atoms with van der Waals surface area (Å²) < 4.78 is 46.2. The highest BCUT2D eigenvalue weighted by atomic mass is 79.9. The van der Waals surface area contributed by atoms with E-state index in [1.54, 1.807) is 6.07 Å². The summed E-state index contributed by atoms with van der Waals surface area (Å²) in [5.41, 5.74) is 8.15. The number of hydrogen-bond donors (Lipinski definition) is 8. The number of nitrogens with one attached hydrogen (secondary N) is 1. The summed E-state index contributed by atoms with van der Waals surface area (Å²) >= 11 is 10.0. The van der Waals surface area contributed by atoms with E-state index in [4.69, 9.17) is 48.0 Å². The Balaban J connectivity index is 0.000000383. The number of nitrogens with zero attached hydrogens (tertiary/aromatic N) is 5. The number of carboxylic acids is 6. The Morgan fingerprint density at radius 1 is 0.800 bits per heavy atom. The lowest BCUT2D eigenvalue weighted by atomic mass is 9.89. The molecule has 1 aliphatic heterocycles. The molecule has 4 aromatic rings. The van der Waals surface area contributed by atoms with E-state index in [1.807, 2.05) is 6.20 Å². The minimum Gasteiger partial charge on any atom is -0.478 e. The van der Waals surface area contributed by atoms with Gasteiger partial charge in [-0.05, 0) is 72.4 Å². The maximum atomic E-state index is 15.4. The Morgan fingerprint density at radius 2 is 1.28 bits per heavy atom. The number of nitrogen functional groups attached to an aromatic ring is 1. The highest BCUT2D eigenvalue weighted by Gasteiger charge is 2.30. The Kier molecular flexibility index (Phi) is 20.2. The summed E-state index contributed by atoms with van der Waals surface area (Å²) in [6.45, 7) is 4.45. The standard InChI is InChI=1S/C27H30BrClFN7O2S2.3C4H4O4/c1-35-8-10-36(11-9-35)17-3-5-18(6-4-17)37-14-19(24-25(31)32-15-33-26(24)37)16-2-7-22(21(30)12-16)34-41(38,39)27-20(28)13-23(29)40-27;3*5-3(6)1-2-4(7)8/h2,7,12-15,17-18,34H,3-6,8-11H2,1H3,(H2,31,32,33);3*1-2H,(H,5,6)(H,7,8)/b;3*2-1-. The number of nitrogens with two attached hydrogens (primary N) is 1. The van der Waals surface area contributed by atoms with Gasteiger partial charge >= 0.3 is 35.8 Å². The third-order valence-corrected chi connectivity index (χ3v) is 13.6. The van der Waals surface area contributed by atoms with Gasteiger partial charge in [-0.1, -0.05) is 17.7 Å². The number of benzene rings is 1. The molecule has 2 aliphatic rings. The Bertz CT molecular complexity index is 2460. The number of aromatic nitrogens is 3. The van der Waals surface area contributed by atoms with Crippen LogP contribution in [0, 0.1) is 5.82 Å². The van der Waals surface area contributed by atoms with E-state index in [-0.39, 0.29) is 15.9 Å². The second-order valence-corrected chi connectivity index (χ2v) is 18.1. The quantitative estimate of drug-likeness (QED) is 0.0869. The molecule has 1 saturated carbocycles. The zero-order valence-corrected chi connectivity index (χ0v) is 37.9. The minimum absolute atomic E-state index is 0.0266. The molecular formula is C39H42BrClFN7O14S2. The molecule has 26 heteroatoms. The number of hydrogen-bond acceptors (Lipinski definition) is 14. The normalized spacial score (nSPS) is 16.7. The molecule has 21 nitrogen and oxygen atoms in total. The monoisotopic (exact) mass is 1030 g/mol. The number of thiophene rings is 1. The molecular weight excluding hydrogens is 989 g/mol. The number of halogens is 3. The van der Waals surface area contributed by atoms with Crippen molar-refractivity contribution in [2.24, 2.45) is 0 Å². The molecule has 0 unspecified atom stereocenters. The molecule has 1 saturated heterocycles. The number of sulfonamides is 1. The largest absolute Gasteiger partial charge is 0.478 e. The number of piperazine rings is 1. The molecule has 0 spiro atoms. The van der Waals surface area contributed by atoms with Crippen molar-refractivity contribution in [3.05, 3.63) is 87.9 Å². The summed E-state index contributed by atoms with van der Waals surface area (Å²) in [4.78, 5) is 71.1. The van der Waals surface area contributed by atoms with Crippen molar-refractivity contribution < 1.29 is 72.2 Å². The van der Waals surface area contributed by atoms with Crippen LogP contribution in [0.5, 0.6) is 0 Å². The lowest BCUT2D eigenvalue weighted by Gasteiger charge is -2.41. The van der Waals surface area contributed by atoms with Gasteiger partial charge in [0.2, 0.25) is 0 Å². The van der Waals surface area contributed by atoms with Crippen molar-refractivity contribution in [2.45, 2.75) is 42.0 Å². The number of carbonyl (C=O) groups is 6. The Hall–Kier alpha value is -6.25. The molecule has 0 atom stereocenters. The van der Waals surface area contributed by atoms with Gasteiger partial charge < -0.3 is 45.8 Å². The second kappa shape index (κ2) is 24.7. The molecule has 0 amide bonds. The summed E-state index contributed by atoms with van der Waals surface area (Å²) in [6.07, 6.45) is 11.0. The summed E-state index contributed by atoms with van der Waals surface area (Å²) in [5, 5.41) is 47.5. The first-order valence-electron chi connectivity index (χ1n) is 18.7. The SMILES string of the molecule is CN1CCN(C2CCC(n3cc(-c4ccc(NS(=O)(=O)c5sc(Cl)cc5Br)c(F)c4)c4c(N)ncnc43)CC2)CC1.O=C(O)/C=C\C(=O)O.O=C(O)/C=C\C(=O)O.O=C(O)/C=C\C(=O)O. The number of rotatable bonds is 12. The van der Waals surface area contributed by atoms with Crippen molar-refractivity contribution in [2.75, 3.05) is 43.7 Å². The van der Waals surface area contributed by atoms with Crippen molar-refractivity contribution in [1.29, 1.82) is 0 Å². The van der Waals surface area contributed by atoms with E-state index in [0.717, 1.165) is 68.8 Å². The zero-order chi connectivity index (χ0) is 48.6. The van der Waals surface area contributed by atoms with Gasteiger partial charge in [0.25, 0.3) is 10.0 Å². The van der Waals surface area contributed by atoms with Crippen molar-refractivity contribution >= 4 is 107 Å². The van der Waals surface area contributed by atoms with Gasteiger partial charge in [-0.2, -0.15) is 0 Å². The highest BCUT2D eigenvalue weighted by molar-refractivity contribution is 9.10. The topological polar surface area (TPSA) is 333 Å². The van der Waals surface area contributed by atoms with Gasteiger partial charge in [-0.3, -0.25) is 9.62 Å². The van der Waals surface area contributed by atoms with Crippen LogP contribution in [-0.2, 0) is 38.8 Å². The molecule has 2 fully saturated rings. The average Bonchev–Trinajstić information content (AvgIpc) is 3.80. The third-order valence-electron chi connectivity index (χ3n) is 9.25. The van der Waals surface area contributed by atoms with Crippen LogP contribution in [0.2, 0.25) is 4.34 Å². The Labute approximate surface area is 386 Å². The summed E-state index contributed by atoms with van der Waals surface area (Å²) in [5.74, 6) is -7.94. The van der Waals surface area contributed by atoms with Crippen LogP contribution in [-0.4, -0.2) is 138 Å². The lowest BCUT2D eigenvalue weighted by molar-refractivity contribution is -0.134. The average molecular weight is 1030 g/mol. The van der Waals surface area contributed by atoms with Crippen LogP contribution in [0.3, 0.4) is 0 Å². The molecule has 9 N–H and O–H groups in total. The number of anilines is 2. The summed E-state index contributed by atoms with van der Waals surface area (Å²) in [6, 6.07) is 6.72. The molecule has 3 aromatic heterocycles. The molecule has 1 aromatic carbocycles. The highest BCUT2D eigenvalue weighted by Crippen LogP contribution is 2.40. The number of likely N-dealkylation sites (N-methyl/N-ethyl adjacent to an activating group) is 1. The first-order chi connectivity index (χ1) is 30.5. The van der Waals surface area contributed by atoms with E-state index in [2.05, 4.69) is 52.0 Å². The Morgan fingerprint density at radius 3 is 1.71 bits per heavy atom. The van der Waals surface area contributed by atoms with E-state index in [1.165, 1.54) is 24.5 Å². The van der Waals surface area contributed by atoms with Gasteiger partial charge in [-0.25, -0.2) is 51.5 Å². The smallest absolute Gasteiger partial charge is 0.328 e. The predicted octanol–water partition coefficient (Wildman–Crippen LogP) is 4.96. The van der Waals surface area contributed by atoms with Crippen LogP contribution < -0.4 is 10.5 Å². The van der Waals surface area contributed by atoms with Gasteiger partial charge in [0.1, 0.15) is 23.6 Å². The first-order valence-corrected chi connectivity index (χ1v) is 22.2. The van der Waals surface area contributed by atoms with E-state index in [9.17, 15) is 37.2 Å². The number of aliphatic carboxylic acids is 6. The molecule has 4 heterocycles. The maximum Gasteiger partial charge on any atom is 0.328 e. The number of carboxylic acid groups (broad SMARTS) is 6. The molecule has 0 bridgehead atoms. The lowest BCUT2D eigenvalue weighted by Crippen LogP contribution is -2.49. The van der Waals surface area contributed by atoms with Gasteiger partial charge in [0.05, 0.1) is 19.9 Å².